The van der Waals surface area contributed by atoms with Crippen molar-refractivity contribution in [3.8, 4) is 0 Å². The Bertz CT molecular complexity index is 578. The molecule has 0 saturated heterocycles. The lowest BCUT2D eigenvalue weighted by molar-refractivity contribution is 0.675. The molecule has 2 aromatic rings. The zero-order valence-corrected chi connectivity index (χ0v) is 14.1. The molecular formula is C19H25NS. The van der Waals surface area contributed by atoms with E-state index in [1.165, 1.54) is 33.6 Å². The quantitative estimate of drug-likeness (QED) is 0.564. The lowest BCUT2D eigenvalue weighted by Crippen LogP contribution is -2.13. The minimum Gasteiger partial charge on any atom is -0.313 e. The first kappa shape index (κ1) is 16.1. The van der Waals surface area contributed by atoms with Crippen LogP contribution in [-0.2, 0) is 12.3 Å². The van der Waals surface area contributed by atoms with Crippen molar-refractivity contribution >= 4 is 11.8 Å². The van der Waals surface area contributed by atoms with Gasteiger partial charge in [0.2, 0.25) is 0 Å². The van der Waals surface area contributed by atoms with Crippen molar-refractivity contribution in [3.63, 3.8) is 0 Å². The van der Waals surface area contributed by atoms with Crippen LogP contribution in [0.1, 0.15) is 35.6 Å². The Morgan fingerprint density at radius 1 is 1.00 bits per heavy atom. The number of rotatable bonds is 7. The molecule has 0 aliphatic heterocycles. The summed E-state index contributed by atoms with van der Waals surface area (Å²) < 4.78 is 0. The van der Waals surface area contributed by atoms with Gasteiger partial charge in [0, 0.05) is 17.2 Å². The van der Waals surface area contributed by atoms with Gasteiger partial charge in [0.15, 0.2) is 0 Å². The van der Waals surface area contributed by atoms with Crippen LogP contribution in [0.3, 0.4) is 0 Å². The van der Waals surface area contributed by atoms with Gasteiger partial charge in [-0.1, -0.05) is 43.3 Å². The molecule has 0 aliphatic rings. The van der Waals surface area contributed by atoms with Crippen LogP contribution in [0.15, 0.2) is 47.4 Å². The van der Waals surface area contributed by atoms with E-state index in [-0.39, 0.29) is 0 Å². The minimum atomic E-state index is 0.970. The average molecular weight is 299 g/mol. The highest BCUT2D eigenvalue weighted by atomic mass is 32.2. The van der Waals surface area contributed by atoms with Crippen molar-refractivity contribution in [2.75, 3.05) is 6.54 Å². The van der Waals surface area contributed by atoms with Crippen molar-refractivity contribution in [2.24, 2.45) is 0 Å². The van der Waals surface area contributed by atoms with E-state index in [1.807, 2.05) is 11.8 Å². The van der Waals surface area contributed by atoms with Crippen LogP contribution in [0, 0.1) is 13.8 Å². The van der Waals surface area contributed by atoms with E-state index in [0.29, 0.717) is 0 Å². The maximum Gasteiger partial charge on any atom is 0.0234 e. The molecule has 0 spiro atoms. The zero-order valence-electron chi connectivity index (χ0n) is 13.3. The Kier molecular flexibility index (Phi) is 6.34. The minimum absolute atomic E-state index is 0.970. The topological polar surface area (TPSA) is 12.0 Å². The molecule has 21 heavy (non-hydrogen) atoms. The van der Waals surface area contributed by atoms with E-state index in [9.17, 15) is 0 Å². The Labute approximate surface area is 133 Å². The first-order valence-corrected chi connectivity index (χ1v) is 8.67. The highest BCUT2D eigenvalue weighted by molar-refractivity contribution is 7.98. The van der Waals surface area contributed by atoms with Crippen molar-refractivity contribution in [2.45, 2.75) is 44.4 Å². The van der Waals surface area contributed by atoms with Crippen LogP contribution >= 0.6 is 11.8 Å². The third-order valence-corrected chi connectivity index (χ3v) is 4.86. The number of thioether (sulfide) groups is 1. The summed E-state index contributed by atoms with van der Waals surface area (Å²) in [7, 11) is 0. The van der Waals surface area contributed by atoms with Crippen molar-refractivity contribution in [3.05, 3.63) is 64.7 Å². The van der Waals surface area contributed by atoms with E-state index in [1.54, 1.807) is 0 Å². The van der Waals surface area contributed by atoms with E-state index in [0.717, 1.165) is 18.8 Å². The number of aryl methyl sites for hydroxylation is 2. The van der Waals surface area contributed by atoms with Gasteiger partial charge in [-0.25, -0.2) is 0 Å². The summed E-state index contributed by atoms with van der Waals surface area (Å²) in [6.45, 7) is 8.65. The molecule has 0 heterocycles. The van der Waals surface area contributed by atoms with Crippen LogP contribution in [-0.4, -0.2) is 6.54 Å². The Hall–Kier alpha value is -1.25. The average Bonchev–Trinajstić information content (AvgIpc) is 2.48. The summed E-state index contributed by atoms with van der Waals surface area (Å²) in [6.07, 6.45) is 1.18. The van der Waals surface area contributed by atoms with Gasteiger partial charge in [-0.05, 0) is 55.1 Å². The molecular weight excluding hydrogens is 274 g/mol. The molecule has 0 fully saturated rings. The highest BCUT2D eigenvalue weighted by Crippen LogP contribution is 2.27. The molecule has 0 atom stereocenters. The fourth-order valence-corrected chi connectivity index (χ4v) is 3.41. The second-order valence-corrected chi connectivity index (χ2v) is 6.51. The fraction of sp³-hybridized carbons (Fsp3) is 0.368. The molecule has 0 aliphatic carbocycles. The third-order valence-electron chi connectivity index (χ3n) is 3.64. The molecule has 2 aromatic carbocycles. The number of hydrogen-bond donors (Lipinski definition) is 1. The van der Waals surface area contributed by atoms with Crippen molar-refractivity contribution < 1.29 is 0 Å². The predicted octanol–water partition coefficient (Wildman–Crippen LogP) is 5.10. The second kappa shape index (κ2) is 8.26. The number of hydrogen-bond acceptors (Lipinski definition) is 2. The first-order chi connectivity index (χ1) is 10.2. The van der Waals surface area contributed by atoms with E-state index in [2.05, 4.69) is 68.6 Å². The van der Waals surface area contributed by atoms with Gasteiger partial charge in [-0.3, -0.25) is 0 Å². The molecule has 112 valence electrons. The van der Waals surface area contributed by atoms with E-state index >= 15 is 0 Å². The van der Waals surface area contributed by atoms with E-state index in [4.69, 9.17) is 0 Å². The van der Waals surface area contributed by atoms with E-state index < -0.39 is 0 Å². The molecule has 0 bridgehead atoms. The van der Waals surface area contributed by atoms with Gasteiger partial charge in [0.25, 0.3) is 0 Å². The lowest BCUT2D eigenvalue weighted by Gasteiger charge is -2.10. The normalized spacial score (nSPS) is 10.8. The Morgan fingerprint density at radius 2 is 1.81 bits per heavy atom. The molecule has 1 nitrogen and oxygen atoms in total. The molecule has 2 heteroatoms. The standard InChI is InChI=1S/C19H25NS/c1-4-11-20-13-17-9-10-19(16(3)12-17)21-14-18-8-6-5-7-15(18)2/h5-10,12,20H,4,11,13-14H2,1-3H3. The maximum absolute atomic E-state index is 3.46. The first-order valence-electron chi connectivity index (χ1n) is 7.68. The monoisotopic (exact) mass is 299 g/mol. The van der Waals surface area contributed by atoms with Gasteiger partial charge in [0.1, 0.15) is 0 Å². The van der Waals surface area contributed by atoms with Crippen LogP contribution < -0.4 is 5.32 Å². The van der Waals surface area contributed by atoms with Gasteiger partial charge in [-0.15, -0.1) is 11.8 Å². The summed E-state index contributed by atoms with van der Waals surface area (Å²) in [5.41, 5.74) is 5.56. The summed E-state index contributed by atoms with van der Waals surface area (Å²) in [5, 5.41) is 3.46. The SMILES string of the molecule is CCCNCc1ccc(SCc2ccccc2C)c(C)c1. The molecule has 0 aromatic heterocycles. The van der Waals surface area contributed by atoms with Gasteiger partial charge >= 0.3 is 0 Å². The number of nitrogens with one attached hydrogen (secondary N) is 1. The molecule has 1 N–H and O–H groups in total. The van der Waals surface area contributed by atoms with Crippen molar-refractivity contribution in [1.29, 1.82) is 0 Å². The largest absolute Gasteiger partial charge is 0.313 e. The molecule has 0 unspecified atom stereocenters. The summed E-state index contributed by atoms with van der Waals surface area (Å²) in [4.78, 5) is 1.39. The predicted molar refractivity (Wildman–Crippen MR) is 93.9 cm³/mol. The number of benzene rings is 2. The highest BCUT2D eigenvalue weighted by Gasteiger charge is 2.03. The molecule has 0 radical (unpaired) electrons. The fourth-order valence-electron chi connectivity index (χ4n) is 2.32. The zero-order chi connectivity index (χ0) is 15.1. The Balaban J connectivity index is 1.96. The summed E-state index contributed by atoms with van der Waals surface area (Å²) >= 11 is 1.93. The Morgan fingerprint density at radius 3 is 2.52 bits per heavy atom. The van der Waals surface area contributed by atoms with Gasteiger partial charge in [0.05, 0.1) is 0 Å². The van der Waals surface area contributed by atoms with Gasteiger partial charge < -0.3 is 5.32 Å². The summed E-state index contributed by atoms with van der Waals surface area (Å²) in [6, 6.07) is 15.5. The smallest absolute Gasteiger partial charge is 0.0234 e. The molecule has 0 amide bonds. The van der Waals surface area contributed by atoms with Gasteiger partial charge in [-0.2, -0.15) is 0 Å². The van der Waals surface area contributed by atoms with Crippen LogP contribution in [0.2, 0.25) is 0 Å². The van der Waals surface area contributed by atoms with Crippen LogP contribution in [0.25, 0.3) is 0 Å². The third kappa shape index (κ3) is 4.90. The molecule has 0 saturated carbocycles. The lowest BCUT2D eigenvalue weighted by atomic mass is 10.1. The van der Waals surface area contributed by atoms with Crippen molar-refractivity contribution in [1.82, 2.24) is 5.32 Å². The molecule has 2 rings (SSSR count). The second-order valence-electron chi connectivity index (χ2n) is 5.49. The van der Waals surface area contributed by atoms with Crippen LogP contribution in [0.4, 0.5) is 0 Å². The maximum atomic E-state index is 3.46. The van der Waals surface area contributed by atoms with Crippen LogP contribution in [0.5, 0.6) is 0 Å². The summed E-state index contributed by atoms with van der Waals surface area (Å²) in [5.74, 6) is 1.04.